The molecule has 0 aliphatic heterocycles. The summed E-state index contributed by atoms with van der Waals surface area (Å²) in [6.07, 6.45) is 0. The van der Waals surface area contributed by atoms with Crippen LogP contribution in [0.15, 0.2) is 138 Å². The van der Waals surface area contributed by atoms with E-state index >= 15 is 0 Å². The summed E-state index contributed by atoms with van der Waals surface area (Å²) < 4.78 is 6.06. The van der Waals surface area contributed by atoms with Gasteiger partial charge in [0.05, 0.1) is 17.2 Å². The summed E-state index contributed by atoms with van der Waals surface area (Å²) in [6, 6.07) is 49.3. The molecule has 41 heavy (non-hydrogen) atoms. The summed E-state index contributed by atoms with van der Waals surface area (Å²) in [5.74, 6) is 0. The molecule has 7 aromatic rings. The predicted molar refractivity (Wildman–Crippen MR) is 165 cm³/mol. The molecule has 0 aliphatic rings. The van der Waals surface area contributed by atoms with E-state index in [0.717, 1.165) is 66.4 Å². The zero-order chi connectivity index (χ0) is 27.8. The van der Waals surface area contributed by atoms with Gasteiger partial charge in [-0.1, -0.05) is 91.0 Å². The SMILES string of the molecule is N#Cc1ccc2oc3ccc(-c4cc(-c5ccccc5)c(C#N)c(-c5ccc(-c6ccccc6)cc5)c4)cc3c2c1. The second-order valence-corrected chi connectivity index (χ2v) is 10.0. The van der Waals surface area contributed by atoms with Crippen molar-refractivity contribution >= 4 is 21.9 Å². The van der Waals surface area contributed by atoms with E-state index < -0.39 is 0 Å². The molecule has 0 radical (unpaired) electrons. The minimum Gasteiger partial charge on any atom is -0.456 e. The third-order valence-corrected chi connectivity index (χ3v) is 7.57. The largest absolute Gasteiger partial charge is 0.456 e. The van der Waals surface area contributed by atoms with Crippen LogP contribution in [0, 0.1) is 22.7 Å². The second-order valence-electron chi connectivity index (χ2n) is 10.0. The Labute approximate surface area is 237 Å². The number of benzene rings is 6. The highest BCUT2D eigenvalue weighted by atomic mass is 16.3. The van der Waals surface area contributed by atoms with Crippen molar-refractivity contribution in [2.45, 2.75) is 0 Å². The normalized spacial score (nSPS) is 10.9. The molecule has 3 nitrogen and oxygen atoms in total. The molecule has 0 saturated heterocycles. The molecule has 0 spiro atoms. The molecule has 0 saturated carbocycles. The van der Waals surface area contributed by atoms with Crippen LogP contribution in [-0.2, 0) is 0 Å². The van der Waals surface area contributed by atoms with Gasteiger partial charge in [-0.15, -0.1) is 0 Å². The van der Waals surface area contributed by atoms with Gasteiger partial charge in [-0.05, 0) is 75.8 Å². The van der Waals surface area contributed by atoms with Gasteiger partial charge in [0.25, 0.3) is 0 Å². The first kappa shape index (κ1) is 24.2. The van der Waals surface area contributed by atoms with Crippen LogP contribution in [0.4, 0.5) is 0 Å². The Balaban J connectivity index is 1.43. The number of hydrogen-bond acceptors (Lipinski definition) is 3. The van der Waals surface area contributed by atoms with Gasteiger partial charge in [-0.25, -0.2) is 0 Å². The van der Waals surface area contributed by atoms with Crippen LogP contribution in [0.3, 0.4) is 0 Å². The Morgan fingerprint density at radius 3 is 1.56 bits per heavy atom. The monoisotopic (exact) mass is 522 g/mol. The van der Waals surface area contributed by atoms with Crippen molar-refractivity contribution in [2.24, 2.45) is 0 Å². The maximum absolute atomic E-state index is 10.4. The van der Waals surface area contributed by atoms with Crippen LogP contribution in [0.5, 0.6) is 0 Å². The van der Waals surface area contributed by atoms with Crippen LogP contribution in [0.1, 0.15) is 11.1 Å². The lowest BCUT2D eigenvalue weighted by molar-refractivity contribution is 0.669. The van der Waals surface area contributed by atoms with Crippen molar-refractivity contribution in [3.05, 3.63) is 145 Å². The van der Waals surface area contributed by atoms with Gasteiger partial charge in [-0.2, -0.15) is 10.5 Å². The minimum atomic E-state index is 0.594. The quantitative estimate of drug-likeness (QED) is 0.231. The minimum absolute atomic E-state index is 0.594. The molecular weight excluding hydrogens is 500 g/mol. The lowest BCUT2D eigenvalue weighted by atomic mass is 9.87. The molecular formula is C38H22N2O. The maximum atomic E-state index is 10.4. The molecule has 1 aromatic heterocycles. The highest BCUT2D eigenvalue weighted by Crippen LogP contribution is 2.39. The van der Waals surface area contributed by atoms with Crippen LogP contribution in [0.2, 0.25) is 0 Å². The summed E-state index contributed by atoms with van der Waals surface area (Å²) in [6.45, 7) is 0. The summed E-state index contributed by atoms with van der Waals surface area (Å²) in [7, 11) is 0. The zero-order valence-corrected chi connectivity index (χ0v) is 22.0. The molecule has 7 rings (SSSR count). The molecule has 0 amide bonds. The fraction of sp³-hybridized carbons (Fsp3) is 0. The lowest BCUT2D eigenvalue weighted by Crippen LogP contribution is -1.93. The molecule has 1 heterocycles. The highest BCUT2D eigenvalue weighted by molar-refractivity contribution is 6.07. The average Bonchev–Trinajstić information content (AvgIpc) is 3.42. The first-order valence-corrected chi connectivity index (χ1v) is 13.4. The Morgan fingerprint density at radius 2 is 0.927 bits per heavy atom. The Bertz CT molecular complexity index is 2140. The standard InChI is InChI=1S/C38H22N2O/c39-23-25-11-17-37-34(19-25)35-20-30(16-18-38(35)41-37)31-21-32(28-9-5-2-6-10-28)36(24-40)33(22-31)29-14-12-27(13-15-29)26-7-3-1-4-8-26/h1-22H. The van der Waals surface area contributed by atoms with E-state index in [-0.39, 0.29) is 0 Å². The lowest BCUT2D eigenvalue weighted by Gasteiger charge is -2.15. The molecule has 3 heteroatoms. The molecule has 0 unspecified atom stereocenters. The maximum Gasteiger partial charge on any atom is 0.135 e. The van der Waals surface area contributed by atoms with Gasteiger partial charge in [0.2, 0.25) is 0 Å². The van der Waals surface area contributed by atoms with Gasteiger partial charge in [0.1, 0.15) is 17.2 Å². The van der Waals surface area contributed by atoms with Crippen molar-refractivity contribution in [1.82, 2.24) is 0 Å². The average molecular weight is 523 g/mol. The number of fused-ring (bicyclic) bond motifs is 3. The van der Waals surface area contributed by atoms with E-state index in [9.17, 15) is 10.5 Å². The Hall–Kier alpha value is -5.90. The zero-order valence-electron chi connectivity index (χ0n) is 22.0. The number of nitriles is 2. The fourth-order valence-electron chi connectivity index (χ4n) is 5.50. The molecule has 0 N–H and O–H groups in total. The second kappa shape index (κ2) is 10.0. The van der Waals surface area contributed by atoms with Gasteiger partial charge in [0.15, 0.2) is 0 Å². The third-order valence-electron chi connectivity index (χ3n) is 7.57. The fourth-order valence-corrected chi connectivity index (χ4v) is 5.50. The summed E-state index contributed by atoms with van der Waals surface area (Å²) >= 11 is 0. The van der Waals surface area contributed by atoms with Crippen LogP contribution in [-0.4, -0.2) is 0 Å². The van der Waals surface area contributed by atoms with Crippen molar-refractivity contribution in [1.29, 1.82) is 10.5 Å². The van der Waals surface area contributed by atoms with E-state index in [1.807, 2.05) is 72.8 Å². The number of nitrogens with zero attached hydrogens (tertiary/aromatic N) is 2. The predicted octanol–water partition coefficient (Wildman–Crippen LogP) is 10.00. The van der Waals surface area contributed by atoms with Gasteiger partial charge in [-0.3, -0.25) is 0 Å². The van der Waals surface area contributed by atoms with Crippen LogP contribution >= 0.6 is 0 Å². The first-order chi connectivity index (χ1) is 20.2. The molecule has 0 aliphatic carbocycles. The van der Waals surface area contributed by atoms with E-state index in [1.165, 1.54) is 0 Å². The molecule has 190 valence electrons. The van der Waals surface area contributed by atoms with E-state index in [0.29, 0.717) is 11.1 Å². The van der Waals surface area contributed by atoms with E-state index in [4.69, 9.17) is 4.42 Å². The van der Waals surface area contributed by atoms with Gasteiger partial charge < -0.3 is 4.42 Å². The number of furan rings is 1. The topological polar surface area (TPSA) is 60.7 Å². The van der Waals surface area contributed by atoms with Crippen LogP contribution in [0.25, 0.3) is 66.4 Å². The first-order valence-electron chi connectivity index (χ1n) is 13.4. The number of rotatable bonds is 4. The van der Waals surface area contributed by atoms with Crippen LogP contribution < -0.4 is 0 Å². The smallest absolute Gasteiger partial charge is 0.135 e. The molecule has 0 atom stereocenters. The third kappa shape index (κ3) is 4.33. The Morgan fingerprint density at radius 1 is 0.415 bits per heavy atom. The van der Waals surface area contributed by atoms with E-state index in [2.05, 4.69) is 66.7 Å². The van der Waals surface area contributed by atoms with Gasteiger partial charge >= 0.3 is 0 Å². The highest BCUT2D eigenvalue weighted by Gasteiger charge is 2.17. The molecule has 0 bridgehead atoms. The summed E-state index contributed by atoms with van der Waals surface area (Å²) in [4.78, 5) is 0. The molecule has 0 fully saturated rings. The van der Waals surface area contributed by atoms with Gasteiger partial charge in [0, 0.05) is 21.9 Å². The molecule has 6 aromatic carbocycles. The summed E-state index contributed by atoms with van der Waals surface area (Å²) in [5, 5.41) is 21.7. The van der Waals surface area contributed by atoms with Crippen molar-refractivity contribution in [3.63, 3.8) is 0 Å². The number of hydrogen-bond donors (Lipinski definition) is 0. The Kier molecular flexibility index (Phi) is 5.90. The van der Waals surface area contributed by atoms with Crippen molar-refractivity contribution < 1.29 is 4.42 Å². The van der Waals surface area contributed by atoms with Crippen molar-refractivity contribution in [3.8, 4) is 56.6 Å². The van der Waals surface area contributed by atoms with E-state index in [1.54, 1.807) is 6.07 Å². The van der Waals surface area contributed by atoms with Crippen molar-refractivity contribution in [2.75, 3.05) is 0 Å². The summed E-state index contributed by atoms with van der Waals surface area (Å²) in [5.41, 5.74) is 10.8.